The highest BCUT2D eigenvalue weighted by Gasteiger charge is 2.29. The molecule has 0 unspecified atom stereocenters. The first-order chi connectivity index (χ1) is 10.5. The normalized spacial score (nSPS) is 14.8. The van der Waals surface area contributed by atoms with Gasteiger partial charge in [0.2, 0.25) is 12.1 Å². The highest BCUT2D eigenvalue weighted by atomic mass is 16.6. The highest BCUT2D eigenvalue weighted by molar-refractivity contribution is 6.14. The van der Waals surface area contributed by atoms with Crippen LogP contribution in [-0.4, -0.2) is 27.4 Å². The fourth-order valence-corrected chi connectivity index (χ4v) is 2.15. The first kappa shape index (κ1) is 13.8. The molecule has 0 aliphatic carbocycles. The molecule has 0 spiro atoms. The first-order valence-electron chi connectivity index (χ1n) is 6.29. The lowest BCUT2D eigenvalue weighted by molar-refractivity contribution is -0.389. The molecule has 0 amide bonds. The van der Waals surface area contributed by atoms with E-state index in [0.29, 0.717) is 17.1 Å². The Bertz CT molecular complexity index is 822. The molecule has 0 saturated heterocycles. The van der Waals surface area contributed by atoms with Gasteiger partial charge in [0.05, 0.1) is 12.7 Å². The van der Waals surface area contributed by atoms with Gasteiger partial charge in [0.1, 0.15) is 17.2 Å². The number of ether oxygens (including phenoxy) is 2. The standard InChI is InChI=1S/C14H11N3O5/c1-16-7-15-14(17(19)20)10(16)6-12-13(18)9-4-3-8(21-2)5-11(9)22-12/h3-7H,1-2H3/b12-6-. The van der Waals surface area contributed by atoms with Crippen molar-refractivity contribution in [3.63, 3.8) is 0 Å². The number of nitrogens with zero attached hydrogens (tertiary/aromatic N) is 3. The zero-order valence-corrected chi connectivity index (χ0v) is 11.8. The van der Waals surface area contributed by atoms with E-state index in [2.05, 4.69) is 4.98 Å². The minimum Gasteiger partial charge on any atom is -0.497 e. The van der Waals surface area contributed by atoms with E-state index in [1.165, 1.54) is 24.1 Å². The van der Waals surface area contributed by atoms with E-state index in [1.54, 1.807) is 25.2 Å². The van der Waals surface area contributed by atoms with Gasteiger partial charge in [-0.1, -0.05) is 0 Å². The number of rotatable bonds is 3. The number of carbonyl (C=O) groups excluding carboxylic acids is 1. The smallest absolute Gasteiger partial charge is 0.389 e. The molecule has 0 bridgehead atoms. The van der Waals surface area contributed by atoms with E-state index in [0.717, 1.165) is 0 Å². The van der Waals surface area contributed by atoms with Crippen molar-refractivity contribution in [3.8, 4) is 11.5 Å². The molecule has 0 radical (unpaired) electrons. The maximum absolute atomic E-state index is 12.3. The molecule has 1 aliphatic rings. The molecular weight excluding hydrogens is 290 g/mol. The summed E-state index contributed by atoms with van der Waals surface area (Å²) in [4.78, 5) is 26.3. The summed E-state index contributed by atoms with van der Waals surface area (Å²) in [6, 6.07) is 4.83. The van der Waals surface area contributed by atoms with Crippen LogP contribution in [0.15, 0.2) is 30.3 Å². The number of nitro groups is 1. The van der Waals surface area contributed by atoms with Crippen molar-refractivity contribution >= 4 is 17.7 Å². The Kier molecular flexibility index (Phi) is 3.13. The number of carbonyl (C=O) groups is 1. The number of imidazole rings is 1. The molecule has 0 atom stereocenters. The van der Waals surface area contributed by atoms with Crippen LogP contribution in [0.1, 0.15) is 16.1 Å². The minimum absolute atomic E-state index is 0.00922. The van der Waals surface area contributed by atoms with Gasteiger partial charge in [0, 0.05) is 19.2 Å². The summed E-state index contributed by atoms with van der Waals surface area (Å²) in [6.07, 6.45) is 2.63. The molecule has 8 nitrogen and oxygen atoms in total. The summed E-state index contributed by atoms with van der Waals surface area (Å²) < 4.78 is 12.0. The van der Waals surface area contributed by atoms with Crippen LogP contribution in [0.4, 0.5) is 5.82 Å². The van der Waals surface area contributed by atoms with Crippen LogP contribution in [0.3, 0.4) is 0 Å². The van der Waals surface area contributed by atoms with Gasteiger partial charge in [0.15, 0.2) is 5.76 Å². The second kappa shape index (κ2) is 4.99. The number of Topliss-reactive ketones (excluding diaryl/α,β-unsaturated/α-hetero) is 1. The molecule has 1 aromatic heterocycles. The Labute approximate surface area is 124 Å². The third-order valence-electron chi connectivity index (χ3n) is 3.28. The number of aromatic nitrogens is 2. The zero-order chi connectivity index (χ0) is 15.9. The van der Waals surface area contributed by atoms with Crippen LogP contribution >= 0.6 is 0 Å². The van der Waals surface area contributed by atoms with Crippen LogP contribution in [0.5, 0.6) is 11.5 Å². The predicted octanol–water partition coefficient (Wildman–Crippen LogP) is 1.95. The van der Waals surface area contributed by atoms with Gasteiger partial charge < -0.3 is 24.2 Å². The van der Waals surface area contributed by atoms with Crippen molar-refractivity contribution in [3.05, 3.63) is 51.7 Å². The van der Waals surface area contributed by atoms with Gasteiger partial charge in [0.25, 0.3) is 0 Å². The second-order valence-electron chi connectivity index (χ2n) is 4.62. The van der Waals surface area contributed by atoms with Gasteiger partial charge in [-0.05, 0) is 22.0 Å². The van der Waals surface area contributed by atoms with Crippen molar-refractivity contribution in [2.45, 2.75) is 0 Å². The quantitative estimate of drug-likeness (QED) is 0.488. The van der Waals surface area contributed by atoms with Crippen molar-refractivity contribution in [2.24, 2.45) is 7.05 Å². The lowest BCUT2D eigenvalue weighted by Crippen LogP contribution is -2.01. The van der Waals surface area contributed by atoms with Crippen molar-refractivity contribution in [2.75, 3.05) is 7.11 Å². The molecular formula is C14H11N3O5. The van der Waals surface area contributed by atoms with Gasteiger partial charge in [-0.2, -0.15) is 0 Å². The lowest BCUT2D eigenvalue weighted by Gasteiger charge is -2.01. The van der Waals surface area contributed by atoms with Gasteiger partial charge in [-0.3, -0.25) is 4.79 Å². The van der Waals surface area contributed by atoms with Crippen molar-refractivity contribution in [1.29, 1.82) is 0 Å². The number of allylic oxidation sites excluding steroid dienone is 1. The fraction of sp³-hybridized carbons (Fsp3) is 0.143. The zero-order valence-electron chi connectivity index (χ0n) is 11.8. The minimum atomic E-state index is -0.609. The van der Waals surface area contributed by atoms with Crippen LogP contribution < -0.4 is 9.47 Å². The Morgan fingerprint density at radius 2 is 2.23 bits per heavy atom. The van der Waals surface area contributed by atoms with Gasteiger partial charge in [-0.15, -0.1) is 0 Å². The number of benzene rings is 1. The van der Waals surface area contributed by atoms with Crippen LogP contribution in [0, 0.1) is 10.1 Å². The molecule has 8 heteroatoms. The largest absolute Gasteiger partial charge is 0.497 e. The average molecular weight is 301 g/mol. The highest BCUT2D eigenvalue weighted by Crippen LogP contribution is 2.35. The summed E-state index contributed by atoms with van der Waals surface area (Å²) in [5.74, 6) is 0.253. The topological polar surface area (TPSA) is 96.5 Å². The Morgan fingerprint density at radius 1 is 1.45 bits per heavy atom. The Balaban J connectivity index is 2.03. The Morgan fingerprint density at radius 3 is 2.91 bits per heavy atom. The number of aryl methyl sites for hydroxylation is 1. The summed E-state index contributed by atoms with van der Waals surface area (Å²) in [6.45, 7) is 0. The summed E-state index contributed by atoms with van der Waals surface area (Å²) >= 11 is 0. The number of fused-ring (bicyclic) bond motifs is 1. The number of methoxy groups -OCH3 is 1. The van der Waals surface area contributed by atoms with Crippen molar-refractivity contribution in [1.82, 2.24) is 9.55 Å². The molecule has 0 fully saturated rings. The fourth-order valence-electron chi connectivity index (χ4n) is 2.15. The van der Waals surface area contributed by atoms with Gasteiger partial charge in [-0.25, -0.2) is 0 Å². The maximum atomic E-state index is 12.3. The van der Waals surface area contributed by atoms with E-state index < -0.39 is 4.92 Å². The monoisotopic (exact) mass is 301 g/mol. The molecule has 0 saturated carbocycles. The second-order valence-corrected chi connectivity index (χ2v) is 4.62. The van der Waals surface area contributed by atoms with E-state index in [4.69, 9.17) is 9.47 Å². The van der Waals surface area contributed by atoms with E-state index >= 15 is 0 Å². The molecule has 3 rings (SSSR count). The van der Waals surface area contributed by atoms with Crippen LogP contribution in [0.2, 0.25) is 0 Å². The first-order valence-corrected chi connectivity index (χ1v) is 6.29. The number of hydrogen-bond donors (Lipinski definition) is 0. The molecule has 0 N–H and O–H groups in total. The third-order valence-corrected chi connectivity index (χ3v) is 3.28. The summed E-state index contributed by atoms with van der Waals surface area (Å²) in [5, 5.41) is 11.0. The maximum Gasteiger partial charge on any atom is 0.389 e. The third kappa shape index (κ3) is 2.10. The SMILES string of the molecule is COc1ccc2c(c1)O/C(=C\c1c([N+](=O)[O-])ncn1C)C2=O. The number of ketones is 1. The van der Waals surface area contributed by atoms with Gasteiger partial charge >= 0.3 is 5.82 Å². The van der Waals surface area contributed by atoms with Crippen LogP contribution in [-0.2, 0) is 7.05 Å². The lowest BCUT2D eigenvalue weighted by atomic mass is 10.1. The molecule has 112 valence electrons. The molecule has 1 aliphatic heterocycles. The number of hydrogen-bond acceptors (Lipinski definition) is 6. The average Bonchev–Trinajstić information content (AvgIpc) is 3.01. The van der Waals surface area contributed by atoms with E-state index in [1.807, 2.05) is 0 Å². The summed E-state index contributed by atoms with van der Waals surface area (Å²) in [5.41, 5.74) is 0.574. The molecule has 2 aromatic rings. The van der Waals surface area contributed by atoms with E-state index in [-0.39, 0.29) is 23.1 Å². The molecule has 2 heterocycles. The molecule has 1 aromatic carbocycles. The van der Waals surface area contributed by atoms with Crippen LogP contribution in [0.25, 0.3) is 6.08 Å². The summed E-state index contributed by atoms with van der Waals surface area (Å²) in [7, 11) is 3.11. The Hall–Kier alpha value is -3.16. The van der Waals surface area contributed by atoms with E-state index in [9.17, 15) is 14.9 Å². The van der Waals surface area contributed by atoms with Crippen molar-refractivity contribution < 1.29 is 19.2 Å². The predicted molar refractivity (Wildman–Crippen MR) is 75.8 cm³/mol. The molecule has 22 heavy (non-hydrogen) atoms.